The van der Waals surface area contributed by atoms with Gasteiger partial charge in [0.25, 0.3) is 11.9 Å². The average Bonchev–Trinajstić information content (AvgIpc) is 2.83. The lowest BCUT2D eigenvalue weighted by molar-refractivity contribution is 0.102. The van der Waals surface area contributed by atoms with E-state index >= 15 is 0 Å². The molecule has 1 amide bonds. The van der Waals surface area contributed by atoms with Crippen LogP contribution in [0.5, 0.6) is 0 Å². The second kappa shape index (κ2) is 6.04. The van der Waals surface area contributed by atoms with Gasteiger partial charge in [0.1, 0.15) is 0 Å². The van der Waals surface area contributed by atoms with E-state index in [4.69, 9.17) is 0 Å². The number of carbonyl (C=O) groups is 1. The molecule has 2 aromatic rings. The molecule has 2 N–H and O–H groups in total. The van der Waals surface area contributed by atoms with Crippen LogP contribution >= 0.6 is 0 Å². The van der Waals surface area contributed by atoms with Crippen LogP contribution in [0.3, 0.4) is 0 Å². The van der Waals surface area contributed by atoms with Crippen LogP contribution in [-0.4, -0.2) is 37.6 Å². The minimum Gasteiger partial charge on any atom is -0.368 e. The Hall–Kier alpha value is -2.58. The van der Waals surface area contributed by atoms with Gasteiger partial charge in [0, 0.05) is 12.7 Å². The van der Waals surface area contributed by atoms with Crippen LogP contribution in [0.15, 0.2) is 12.3 Å². The van der Waals surface area contributed by atoms with Crippen molar-refractivity contribution in [3.05, 3.63) is 23.6 Å². The molecule has 0 aliphatic carbocycles. The average molecular weight is 279 g/mol. The standard InChI is InChI=1S/C11H14FN7O/c1-3-5-13-9-8(12)7(4-6-14-9)10(20)15-11-16-18-19(2)17-11/h4,6H,3,5H2,1-2H3,(H,13,14)(H,15,17,20). The summed E-state index contributed by atoms with van der Waals surface area (Å²) >= 11 is 0. The summed E-state index contributed by atoms with van der Waals surface area (Å²) in [5.74, 6) is -1.30. The van der Waals surface area contributed by atoms with Gasteiger partial charge < -0.3 is 5.32 Å². The molecule has 0 spiro atoms. The predicted molar refractivity (Wildman–Crippen MR) is 69.7 cm³/mol. The maximum Gasteiger partial charge on any atom is 0.270 e. The number of nitrogens with one attached hydrogen (secondary N) is 2. The molecule has 9 heteroatoms. The van der Waals surface area contributed by atoms with Crippen molar-refractivity contribution in [1.82, 2.24) is 25.2 Å². The third-order valence-corrected chi connectivity index (χ3v) is 2.41. The quantitative estimate of drug-likeness (QED) is 0.841. The number of hydrogen-bond donors (Lipinski definition) is 2. The number of amides is 1. The molecular weight excluding hydrogens is 265 g/mol. The Bertz CT molecular complexity index is 613. The van der Waals surface area contributed by atoms with Crippen molar-refractivity contribution in [2.24, 2.45) is 7.05 Å². The molecule has 0 aliphatic rings. The topological polar surface area (TPSA) is 97.6 Å². The first kappa shape index (κ1) is 13.8. The van der Waals surface area contributed by atoms with E-state index < -0.39 is 11.7 Å². The van der Waals surface area contributed by atoms with Gasteiger partial charge in [0.05, 0.1) is 12.6 Å². The molecule has 8 nitrogen and oxygen atoms in total. The first-order chi connectivity index (χ1) is 9.61. The van der Waals surface area contributed by atoms with E-state index in [-0.39, 0.29) is 17.3 Å². The van der Waals surface area contributed by atoms with E-state index in [0.29, 0.717) is 6.54 Å². The highest BCUT2D eigenvalue weighted by Crippen LogP contribution is 2.15. The summed E-state index contributed by atoms with van der Waals surface area (Å²) in [5.41, 5.74) is -0.133. The van der Waals surface area contributed by atoms with Gasteiger partial charge in [-0.2, -0.15) is 4.80 Å². The Labute approximate surface area is 114 Å². The van der Waals surface area contributed by atoms with Gasteiger partial charge in [-0.3, -0.25) is 10.1 Å². The van der Waals surface area contributed by atoms with Gasteiger partial charge in [0.15, 0.2) is 11.6 Å². The predicted octanol–water partition coefficient (Wildman–Crippen LogP) is 0.818. The lowest BCUT2D eigenvalue weighted by Gasteiger charge is -2.08. The largest absolute Gasteiger partial charge is 0.368 e. The van der Waals surface area contributed by atoms with Crippen LogP contribution in [0.2, 0.25) is 0 Å². The zero-order chi connectivity index (χ0) is 14.5. The molecule has 2 aromatic heterocycles. The van der Waals surface area contributed by atoms with E-state index in [2.05, 4.69) is 31.0 Å². The summed E-state index contributed by atoms with van der Waals surface area (Å²) < 4.78 is 14.1. The number of aryl methyl sites for hydroxylation is 1. The maximum absolute atomic E-state index is 14.1. The molecule has 0 aliphatic heterocycles. The number of tetrazole rings is 1. The number of aromatic nitrogens is 5. The van der Waals surface area contributed by atoms with Gasteiger partial charge in [-0.1, -0.05) is 12.0 Å². The molecule has 2 rings (SSSR count). The van der Waals surface area contributed by atoms with Crippen LogP contribution in [0.25, 0.3) is 0 Å². The van der Waals surface area contributed by atoms with E-state index in [1.165, 1.54) is 17.1 Å². The van der Waals surface area contributed by atoms with E-state index in [9.17, 15) is 9.18 Å². The zero-order valence-corrected chi connectivity index (χ0v) is 11.1. The Morgan fingerprint density at radius 1 is 1.50 bits per heavy atom. The van der Waals surface area contributed by atoms with Crippen molar-refractivity contribution < 1.29 is 9.18 Å². The minimum atomic E-state index is -0.706. The van der Waals surface area contributed by atoms with E-state index in [1.54, 1.807) is 7.05 Å². The lowest BCUT2D eigenvalue weighted by atomic mass is 10.2. The summed E-state index contributed by atoms with van der Waals surface area (Å²) in [6.45, 7) is 2.52. The summed E-state index contributed by atoms with van der Waals surface area (Å²) in [7, 11) is 1.56. The number of pyridine rings is 1. The van der Waals surface area contributed by atoms with Gasteiger partial charge in [-0.15, -0.1) is 5.10 Å². The lowest BCUT2D eigenvalue weighted by Crippen LogP contribution is -2.17. The monoisotopic (exact) mass is 279 g/mol. The van der Waals surface area contributed by atoms with Gasteiger partial charge >= 0.3 is 0 Å². The smallest absolute Gasteiger partial charge is 0.270 e. The van der Waals surface area contributed by atoms with E-state index in [0.717, 1.165) is 6.42 Å². The molecule has 0 saturated heterocycles. The van der Waals surface area contributed by atoms with Crippen molar-refractivity contribution in [3.63, 3.8) is 0 Å². The molecule has 0 atom stereocenters. The Kier molecular flexibility index (Phi) is 4.18. The molecule has 0 unspecified atom stereocenters. The molecule has 2 heterocycles. The molecule has 0 aromatic carbocycles. The molecule has 20 heavy (non-hydrogen) atoms. The third kappa shape index (κ3) is 3.05. The molecular formula is C11H14FN7O. The number of anilines is 2. The first-order valence-corrected chi connectivity index (χ1v) is 6.05. The van der Waals surface area contributed by atoms with Crippen molar-refractivity contribution in [1.29, 1.82) is 0 Å². The van der Waals surface area contributed by atoms with Crippen molar-refractivity contribution in [2.45, 2.75) is 13.3 Å². The Balaban J connectivity index is 2.17. The first-order valence-electron chi connectivity index (χ1n) is 6.05. The Morgan fingerprint density at radius 3 is 2.95 bits per heavy atom. The number of nitrogens with zero attached hydrogens (tertiary/aromatic N) is 5. The van der Waals surface area contributed by atoms with Crippen LogP contribution in [0.4, 0.5) is 16.2 Å². The number of hydrogen-bond acceptors (Lipinski definition) is 6. The Morgan fingerprint density at radius 2 is 2.30 bits per heavy atom. The van der Waals surface area contributed by atoms with Crippen LogP contribution in [0, 0.1) is 5.82 Å². The van der Waals surface area contributed by atoms with Gasteiger partial charge in [0.2, 0.25) is 0 Å². The number of halogens is 1. The normalized spacial score (nSPS) is 10.3. The van der Waals surface area contributed by atoms with Crippen molar-refractivity contribution in [2.75, 3.05) is 17.2 Å². The van der Waals surface area contributed by atoms with Crippen LogP contribution in [0.1, 0.15) is 23.7 Å². The fourth-order valence-corrected chi connectivity index (χ4v) is 1.49. The van der Waals surface area contributed by atoms with Gasteiger partial charge in [-0.05, 0) is 17.7 Å². The molecule has 0 fully saturated rings. The summed E-state index contributed by atoms with van der Waals surface area (Å²) in [5, 5.41) is 16.1. The maximum atomic E-state index is 14.1. The van der Waals surface area contributed by atoms with Crippen molar-refractivity contribution >= 4 is 17.7 Å². The second-order valence-electron chi connectivity index (χ2n) is 4.00. The van der Waals surface area contributed by atoms with Crippen LogP contribution in [-0.2, 0) is 7.05 Å². The summed E-state index contributed by atoms with van der Waals surface area (Å²) in [6, 6.07) is 1.29. The highest BCUT2D eigenvalue weighted by molar-refractivity contribution is 6.03. The number of carbonyl (C=O) groups excluding carboxylic acids is 1. The molecule has 0 bridgehead atoms. The highest BCUT2D eigenvalue weighted by atomic mass is 19.1. The summed E-state index contributed by atoms with van der Waals surface area (Å²) in [6.07, 6.45) is 2.18. The SMILES string of the molecule is CCCNc1nccc(C(=O)Nc2nnn(C)n2)c1F. The number of rotatable bonds is 5. The minimum absolute atomic E-state index is 0.0109. The summed E-state index contributed by atoms with van der Waals surface area (Å²) in [4.78, 5) is 17.0. The van der Waals surface area contributed by atoms with Crippen LogP contribution < -0.4 is 10.6 Å². The van der Waals surface area contributed by atoms with E-state index in [1.807, 2.05) is 6.92 Å². The molecule has 106 valence electrons. The molecule has 0 saturated carbocycles. The second-order valence-corrected chi connectivity index (χ2v) is 4.00. The highest BCUT2D eigenvalue weighted by Gasteiger charge is 2.17. The van der Waals surface area contributed by atoms with Gasteiger partial charge in [-0.25, -0.2) is 9.37 Å². The molecule has 0 radical (unpaired) electrons. The third-order valence-electron chi connectivity index (χ3n) is 2.41. The fraction of sp³-hybridized carbons (Fsp3) is 0.364. The zero-order valence-electron chi connectivity index (χ0n) is 11.1. The van der Waals surface area contributed by atoms with Crippen molar-refractivity contribution in [3.8, 4) is 0 Å². The fourth-order valence-electron chi connectivity index (χ4n) is 1.49.